The molecule has 20 N–H and O–H groups in total. The van der Waals surface area contributed by atoms with Crippen LogP contribution in [0.4, 0.5) is 0 Å². The highest BCUT2D eigenvalue weighted by molar-refractivity contribution is 7.80. The molecule has 1 heterocycles. The molecule has 2 rings (SSSR count). The van der Waals surface area contributed by atoms with Crippen LogP contribution in [-0.2, 0) is 68.7 Å². The van der Waals surface area contributed by atoms with Crippen molar-refractivity contribution in [2.24, 2.45) is 45.9 Å². The molecule has 0 radical (unpaired) electrons. The molecule has 12 amide bonds. The Morgan fingerprint density at radius 1 is 0.587 bits per heavy atom. The Morgan fingerprint density at radius 3 is 1.58 bits per heavy atom. The number of benzene rings is 1. The highest BCUT2D eigenvalue weighted by Crippen LogP contribution is 2.21. The second-order valence-electron chi connectivity index (χ2n) is 23.9. The first kappa shape index (κ1) is 80.1. The van der Waals surface area contributed by atoms with Crippen LogP contribution in [0, 0.1) is 23.7 Å². The van der Waals surface area contributed by atoms with Gasteiger partial charge in [-0.2, -0.15) is 25.3 Å². The molecule has 0 aromatic heterocycles. The van der Waals surface area contributed by atoms with Crippen molar-refractivity contribution in [3.63, 3.8) is 0 Å². The maximum atomic E-state index is 14.2. The second kappa shape index (κ2) is 39.4. The number of nitrogens with zero attached hydrogens (tertiary/aromatic N) is 2. The molecule has 0 unspecified atom stereocenters. The van der Waals surface area contributed by atoms with Crippen LogP contribution in [0.1, 0.15) is 107 Å². The zero-order valence-corrected chi connectivity index (χ0v) is 55.5. The number of phenols is 1. The molecule has 32 nitrogen and oxygen atoms in total. The number of hydrogen-bond donors (Lipinski definition) is 19. The van der Waals surface area contributed by atoms with Crippen molar-refractivity contribution in [2.75, 3.05) is 37.7 Å². The summed E-state index contributed by atoms with van der Waals surface area (Å²) in [5.74, 6) is -13.6. The molecule has 0 bridgehead atoms. The predicted octanol–water partition coefficient (Wildman–Crippen LogP) is -4.74. The number of guanidine groups is 1. The fourth-order valence-electron chi connectivity index (χ4n) is 9.30. The first-order chi connectivity index (χ1) is 43.0. The first-order valence-electron chi connectivity index (χ1n) is 30.3. The van der Waals surface area contributed by atoms with E-state index in [1.807, 2.05) is 0 Å². The number of carbonyl (C=O) groups excluding carboxylic acids is 12. The molecule has 12 atom stereocenters. The van der Waals surface area contributed by atoms with Crippen LogP contribution >= 0.6 is 25.3 Å². The van der Waals surface area contributed by atoms with E-state index in [1.165, 1.54) is 43.0 Å². The van der Waals surface area contributed by atoms with E-state index in [0.717, 1.165) is 0 Å². The zero-order chi connectivity index (χ0) is 69.9. The molecule has 0 saturated carbocycles. The maximum absolute atomic E-state index is 14.2. The van der Waals surface area contributed by atoms with Gasteiger partial charge < -0.3 is 95.9 Å². The Bertz CT molecular complexity index is 2750. The number of hydrogen-bond acceptors (Lipinski definition) is 19. The molecule has 1 aliphatic heterocycles. The van der Waals surface area contributed by atoms with Gasteiger partial charge in [-0.05, 0) is 87.3 Å². The SMILES string of the molecule is CC(C)C[C@H](NC(=O)[C@H](C)NC(=O)[C@@H](NC(=O)[C@@H](NC(=O)[C@@H](N)CS)[C@@H](C)O)C(C)C)C(=O)N1CCC[C@H]1C(=O)NCC(=O)NCC(=O)N[C@@H](Cc1ccc(O)cc1)C(=O)N[C@H](C(=O)N[C@@H](CCCN=C(N)N)C(=O)N[C@H](C(=O)N[C@@H](CS)C(=O)O)C(C)C)C(C)C. The van der Waals surface area contributed by atoms with Crippen molar-refractivity contribution in [1.29, 1.82) is 0 Å². The Hall–Kier alpha value is -7.98. The number of likely N-dealkylation sites (tertiary alicyclic amines) is 1. The Morgan fingerprint density at radius 2 is 1.08 bits per heavy atom. The number of thiol groups is 2. The lowest BCUT2D eigenvalue weighted by Crippen LogP contribution is -2.61. The number of nitrogens with one attached hydrogen (secondary N) is 11. The smallest absolute Gasteiger partial charge is 0.327 e. The van der Waals surface area contributed by atoms with Gasteiger partial charge in [0.1, 0.15) is 66.2 Å². The predicted molar refractivity (Wildman–Crippen MR) is 344 cm³/mol. The highest BCUT2D eigenvalue weighted by atomic mass is 32.1. The highest BCUT2D eigenvalue weighted by Gasteiger charge is 2.40. The average Bonchev–Trinajstić information content (AvgIpc) is 1.94. The maximum Gasteiger partial charge on any atom is 0.327 e. The number of rotatable bonds is 38. The molecule has 92 heavy (non-hydrogen) atoms. The van der Waals surface area contributed by atoms with Crippen LogP contribution in [0.2, 0.25) is 0 Å². The van der Waals surface area contributed by atoms with Gasteiger partial charge in [0.2, 0.25) is 70.9 Å². The van der Waals surface area contributed by atoms with E-state index in [4.69, 9.17) is 17.2 Å². The number of aliphatic hydroxyl groups is 1. The summed E-state index contributed by atoms with van der Waals surface area (Å²) in [6, 6.07) is -8.47. The molecular weight excluding hydrogens is 1240 g/mol. The zero-order valence-electron chi connectivity index (χ0n) is 53.7. The van der Waals surface area contributed by atoms with Crippen LogP contribution in [-0.4, -0.2) is 213 Å². The summed E-state index contributed by atoms with van der Waals surface area (Å²) in [6.45, 7) is 14.6. The molecule has 0 aliphatic carbocycles. The van der Waals surface area contributed by atoms with Crippen LogP contribution in [0.3, 0.4) is 0 Å². The summed E-state index contributed by atoms with van der Waals surface area (Å²) in [5, 5.41) is 57.3. The van der Waals surface area contributed by atoms with Crippen molar-refractivity contribution in [1.82, 2.24) is 63.4 Å². The number of nitrogens with two attached hydrogens (primary N) is 3. The lowest BCUT2D eigenvalue weighted by atomic mass is 9.99. The summed E-state index contributed by atoms with van der Waals surface area (Å²) < 4.78 is 0. The first-order valence-corrected chi connectivity index (χ1v) is 31.6. The third kappa shape index (κ3) is 27.1. The number of carbonyl (C=O) groups is 13. The number of aliphatic hydroxyl groups excluding tert-OH is 1. The van der Waals surface area contributed by atoms with Gasteiger partial charge >= 0.3 is 5.97 Å². The van der Waals surface area contributed by atoms with Crippen LogP contribution < -0.4 is 75.7 Å². The van der Waals surface area contributed by atoms with E-state index in [-0.39, 0.29) is 74.3 Å². The number of phenolic OH excluding ortho intramolecular Hbond substituents is 1. The summed E-state index contributed by atoms with van der Waals surface area (Å²) in [7, 11) is 0. The molecule has 1 aromatic carbocycles. The molecule has 1 aliphatic rings. The molecular formula is C58H96N16O16S2. The van der Waals surface area contributed by atoms with Gasteiger partial charge in [-0.15, -0.1) is 0 Å². The summed E-state index contributed by atoms with van der Waals surface area (Å²) in [4.78, 5) is 180. The fraction of sp³-hybridized carbons (Fsp3) is 0.655. The largest absolute Gasteiger partial charge is 0.508 e. The third-order valence-electron chi connectivity index (χ3n) is 14.5. The molecule has 34 heteroatoms. The van der Waals surface area contributed by atoms with Gasteiger partial charge in [-0.3, -0.25) is 62.5 Å². The molecule has 0 spiro atoms. The molecule has 1 saturated heterocycles. The van der Waals surface area contributed by atoms with E-state index in [1.54, 1.807) is 55.4 Å². The van der Waals surface area contributed by atoms with Crippen molar-refractivity contribution in [3.05, 3.63) is 29.8 Å². The van der Waals surface area contributed by atoms with Gasteiger partial charge in [0, 0.05) is 31.0 Å². The van der Waals surface area contributed by atoms with E-state index in [9.17, 15) is 77.6 Å². The normalized spacial score (nSPS) is 16.5. The minimum Gasteiger partial charge on any atom is -0.508 e. The number of carboxylic acid groups (broad SMARTS) is 1. The van der Waals surface area contributed by atoms with Crippen LogP contribution in [0.25, 0.3) is 0 Å². The molecule has 1 aromatic rings. The van der Waals surface area contributed by atoms with E-state index in [0.29, 0.717) is 12.0 Å². The summed E-state index contributed by atoms with van der Waals surface area (Å²) in [5.41, 5.74) is 17.1. The standard InChI is InChI=1S/C58H96N16O16S2/c1-27(2)21-38(68-47(79)31(9)65-52(84)43(28(3)4)72-55(87)46(32(10)75)73-48(80)35(59)25-91)56(88)74-20-12-14-40(74)51(83)64-23-41(77)63-24-42(78)66-37(22-33-15-17-34(76)18-16-33)50(82)71-44(29(5)6)53(85)67-36(13-11-19-62-58(60)61)49(81)70-45(30(7)8)54(86)69-39(26-92)57(89)90/h15-18,27-32,35-40,43-46,75-76,91-92H,11-14,19-26,59H2,1-10H3,(H,63,77)(H,64,83)(H,65,84)(H,66,78)(H,67,85)(H,68,79)(H,69,86)(H,70,81)(H,71,82)(H,72,87)(H,73,80)(H,89,90)(H4,60,61,62)/t31-,32+,35-,36-,37-,38-,39-,40-,43-,44-,45-,46-/m0/s1. The van der Waals surface area contributed by atoms with Crippen LogP contribution in [0.5, 0.6) is 5.75 Å². The number of aromatic hydroxyl groups is 1. The van der Waals surface area contributed by atoms with Crippen molar-refractivity contribution in [3.8, 4) is 5.75 Å². The second-order valence-corrected chi connectivity index (χ2v) is 24.6. The Labute approximate surface area is 546 Å². The number of aliphatic imine (C=N–C) groups is 1. The summed E-state index contributed by atoms with van der Waals surface area (Å²) in [6.07, 6.45) is -0.832. The van der Waals surface area contributed by atoms with Gasteiger partial charge in [-0.1, -0.05) is 67.5 Å². The third-order valence-corrected chi connectivity index (χ3v) is 15.3. The minimum absolute atomic E-state index is 0.0388. The topological polar surface area (TPSA) is 509 Å². The fourth-order valence-corrected chi connectivity index (χ4v) is 9.71. The van der Waals surface area contributed by atoms with Crippen molar-refractivity contribution >= 4 is 108 Å². The number of carboxylic acids is 1. The minimum atomic E-state index is -1.49. The lowest BCUT2D eigenvalue weighted by Gasteiger charge is -2.30. The Balaban J connectivity index is 2.21. The van der Waals surface area contributed by atoms with E-state index < -0.39 is 180 Å². The lowest BCUT2D eigenvalue weighted by molar-refractivity contribution is -0.142. The van der Waals surface area contributed by atoms with Crippen molar-refractivity contribution < 1.29 is 77.6 Å². The number of amides is 12. The van der Waals surface area contributed by atoms with Crippen molar-refractivity contribution in [2.45, 2.75) is 180 Å². The van der Waals surface area contributed by atoms with Gasteiger partial charge in [0.15, 0.2) is 5.96 Å². The van der Waals surface area contributed by atoms with Gasteiger partial charge in [0.05, 0.1) is 25.2 Å². The Kier molecular flexibility index (Phi) is 34.3. The van der Waals surface area contributed by atoms with E-state index in [2.05, 4.69) is 88.7 Å². The monoisotopic (exact) mass is 1340 g/mol. The quantitative estimate of drug-likeness (QED) is 0.0128. The average molecular weight is 1340 g/mol. The van der Waals surface area contributed by atoms with Gasteiger partial charge in [0.25, 0.3) is 0 Å². The number of aliphatic carboxylic acids is 1. The van der Waals surface area contributed by atoms with E-state index >= 15 is 0 Å². The molecule has 1 fully saturated rings. The van der Waals surface area contributed by atoms with Crippen LogP contribution in [0.15, 0.2) is 29.3 Å². The van der Waals surface area contributed by atoms with Gasteiger partial charge in [-0.25, -0.2) is 4.79 Å². The summed E-state index contributed by atoms with van der Waals surface area (Å²) >= 11 is 7.95. The molecule has 516 valence electrons.